The lowest BCUT2D eigenvalue weighted by molar-refractivity contribution is -0.149. The van der Waals surface area contributed by atoms with Gasteiger partial charge >= 0.3 is 5.97 Å². The van der Waals surface area contributed by atoms with E-state index >= 15 is 0 Å². The van der Waals surface area contributed by atoms with Gasteiger partial charge in [-0.25, -0.2) is 4.79 Å². The zero-order valence-corrected chi connectivity index (χ0v) is 15.1. The van der Waals surface area contributed by atoms with E-state index in [0.717, 1.165) is 0 Å². The number of Topliss-reactive ketones (excluding diaryl/α,β-unsaturated/α-hetero) is 1. The molecular weight excluding hydrogens is 367 g/mol. The number of carbonyl (C=O) groups is 2. The number of hydrogen-bond acceptors (Lipinski definition) is 5. The first kappa shape index (κ1) is 19.1. The zero-order chi connectivity index (χ0) is 18.4. The van der Waals surface area contributed by atoms with E-state index in [-0.39, 0.29) is 17.4 Å². The molecule has 0 saturated carbocycles. The van der Waals surface area contributed by atoms with Gasteiger partial charge in [-0.3, -0.25) is 4.79 Å². The summed E-state index contributed by atoms with van der Waals surface area (Å²) < 4.78 is 15.5. The predicted octanol–water partition coefficient (Wildman–Crippen LogP) is 4.20. The molecule has 0 aromatic heterocycles. The van der Waals surface area contributed by atoms with Crippen LogP contribution in [0.25, 0.3) is 0 Å². The van der Waals surface area contributed by atoms with Crippen molar-refractivity contribution in [3.05, 3.63) is 58.1 Å². The van der Waals surface area contributed by atoms with Crippen LogP contribution in [0, 0.1) is 0 Å². The summed E-state index contributed by atoms with van der Waals surface area (Å²) in [6.07, 6.45) is -0.928. The number of ketones is 1. The van der Waals surface area contributed by atoms with Crippen molar-refractivity contribution in [1.29, 1.82) is 0 Å². The van der Waals surface area contributed by atoms with Crippen LogP contribution in [-0.4, -0.2) is 31.6 Å². The zero-order valence-electron chi connectivity index (χ0n) is 13.6. The number of methoxy groups -OCH3 is 1. The molecule has 5 nitrogen and oxygen atoms in total. The van der Waals surface area contributed by atoms with Crippen LogP contribution in [0.15, 0.2) is 42.5 Å². The smallest absolute Gasteiger partial charge is 0.347 e. The number of carbonyl (C=O) groups excluding carboxylic acids is 2. The molecule has 2 aromatic rings. The Kier molecular flexibility index (Phi) is 6.67. The van der Waals surface area contributed by atoms with E-state index in [4.69, 9.17) is 37.4 Å². The summed E-state index contributed by atoms with van der Waals surface area (Å²) in [5.41, 5.74) is 0.419. The maximum Gasteiger partial charge on any atom is 0.347 e. The van der Waals surface area contributed by atoms with E-state index in [2.05, 4.69) is 0 Å². The molecule has 0 saturated heterocycles. The maximum atomic E-state index is 12.0. The minimum absolute atomic E-state index is 0.279. The van der Waals surface area contributed by atoms with Gasteiger partial charge in [-0.2, -0.15) is 0 Å². The molecule has 0 aliphatic carbocycles. The lowest BCUT2D eigenvalue weighted by atomic mass is 10.1. The van der Waals surface area contributed by atoms with E-state index in [1.807, 2.05) is 0 Å². The topological polar surface area (TPSA) is 61.8 Å². The van der Waals surface area contributed by atoms with Gasteiger partial charge in [-0.15, -0.1) is 0 Å². The van der Waals surface area contributed by atoms with E-state index in [0.29, 0.717) is 22.1 Å². The van der Waals surface area contributed by atoms with Gasteiger partial charge in [0.05, 0.1) is 12.1 Å². The van der Waals surface area contributed by atoms with Crippen LogP contribution in [0.2, 0.25) is 10.0 Å². The average molecular weight is 383 g/mol. The molecule has 0 N–H and O–H groups in total. The highest BCUT2D eigenvalue weighted by atomic mass is 35.5. The Labute approximate surface area is 155 Å². The number of halogens is 2. The summed E-state index contributed by atoms with van der Waals surface area (Å²) in [6.45, 7) is 1.12. The number of esters is 1. The monoisotopic (exact) mass is 382 g/mol. The maximum absolute atomic E-state index is 12.0. The summed E-state index contributed by atoms with van der Waals surface area (Å²) in [5, 5.41) is 0.735. The Hall–Kier alpha value is -2.24. The summed E-state index contributed by atoms with van der Waals surface area (Å²) in [5.74, 6) is -0.0620. The second-order valence-corrected chi connectivity index (χ2v) is 5.94. The van der Waals surface area contributed by atoms with Crippen LogP contribution < -0.4 is 9.47 Å². The molecule has 2 rings (SSSR count). The lowest BCUT2D eigenvalue weighted by Crippen LogP contribution is -2.28. The molecule has 1 unspecified atom stereocenters. The molecule has 1 atom stereocenters. The second-order valence-electron chi connectivity index (χ2n) is 5.09. The van der Waals surface area contributed by atoms with Crippen molar-refractivity contribution in [3.63, 3.8) is 0 Å². The van der Waals surface area contributed by atoms with E-state index in [1.165, 1.54) is 20.1 Å². The summed E-state index contributed by atoms with van der Waals surface area (Å²) in [4.78, 5) is 24.0. The molecule has 2 aromatic carbocycles. The first-order valence-corrected chi connectivity index (χ1v) is 8.12. The van der Waals surface area contributed by atoms with Crippen LogP contribution in [-0.2, 0) is 9.53 Å². The number of rotatable bonds is 7. The number of ether oxygens (including phenoxy) is 3. The minimum atomic E-state index is -0.928. The van der Waals surface area contributed by atoms with Crippen molar-refractivity contribution >= 4 is 35.0 Å². The Morgan fingerprint density at radius 2 is 1.76 bits per heavy atom. The third-order valence-corrected chi connectivity index (χ3v) is 3.82. The van der Waals surface area contributed by atoms with Gasteiger partial charge in [0.1, 0.15) is 11.5 Å². The van der Waals surface area contributed by atoms with Gasteiger partial charge in [-0.1, -0.05) is 23.2 Å². The highest BCUT2D eigenvalue weighted by Gasteiger charge is 2.19. The Balaban J connectivity index is 1.88. The molecule has 0 radical (unpaired) electrons. The Bertz CT molecular complexity index is 759. The van der Waals surface area contributed by atoms with Crippen LogP contribution in [0.4, 0.5) is 0 Å². The van der Waals surface area contributed by atoms with Gasteiger partial charge < -0.3 is 14.2 Å². The second kappa shape index (κ2) is 8.74. The van der Waals surface area contributed by atoms with Crippen molar-refractivity contribution in [3.8, 4) is 11.5 Å². The summed E-state index contributed by atoms with van der Waals surface area (Å²) in [6, 6.07) is 11.2. The fourth-order valence-corrected chi connectivity index (χ4v) is 2.38. The molecule has 0 amide bonds. The quantitative estimate of drug-likeness (QED) is 0.530. The SMILES string of the molecule is COc1ccc(C(=O)COC(=O)C(C)Oc2ccc(Cl)cc2Cl)cc1. The number of benzene rings is 2. The van der Waals surface area contributed by atoms with Crippen molar-refractivity contribution in [2.75, 3.05) is 13.7 Å². The molecule has 0 bridgehead atoms. The van der Waals surface area contributed by atoms with Gasteiger partial charge in [0.2, 0.25) is 0 Å². The van der Waals surface area contributed by atoms with Crippen LogP contribution in [0.3, 0.4) is 0 Å². The van der Waals surface area contributed by atoms with Gasteiger partial charge in [-0.05, 0) is 49.4 Å². The molecule has 0 aliphatic rings. The lowest BCUT2D eigenvalue weighted by Gasteiger charge is -2.15. The molecule has 0 heterocycles. The van der Waals surface area contributed by atoms with Crippen molar-refractivity contribution in [2.24, 2.45) is 0 Å². The molecule has 132 valence electrons. The third-order valence-electron chi connectivity index (χ3n) is 3.29. The fraction of sp³-hybridized carbons (Fsp3) is 0.222. The van der Waals surface area contributed by atoms with E-state index in [9.17, 15) is 9.59 Å². The van der Waals surface area contributed by atoms with Crippen molar-refractivity contribution < 1.29 is 23.8 Å². The molecule has 0 fully saturated rings. The number of hydrogen-bond donors (Lipinski definition) is 0. The molecule has 0 aliphatic heterocycles. The van der Waals surface area contributed by atoms with E-state index < -0.39 is 12.1 Å². The third kappa shape index (κ3) is 5.37. The highest BCUT2D eigenvalue weighted by Crippen LogP contribution is 2.28. The Morgan fingerprint density at radius 1 is 1.08 bits per heavy atom. The summed E-state index contributed by atoms with van der Waals surface area (Å²) in [7, 11) is 1.53. The molecule has 7 heteroatoms. The first-order valence-electron chi connectivity index (χ1n) is 7.36. The largest absolute Gasteiger partial charge is 0.497 e. The van der Waals surface area contributed by atoms with Crippen LogP contribution in [0.5, 0.6) is 11.5 Å². The fourth-order valence-electron chi connectivity index (χ4n) is 1.92. The van der Waals surface area contributed by atoms with Gasteiger partial charge in [0.15, 0.2) is 18.5 Å². The summed E-state index contributed by atoms with van der Waals surface area (Å²) >= 11 is 11.8. The van der Waals surface area contributed by atoms with Crippen LogP contribution in [0.1, 0.15) is 17.3 Å². The first-order chi connectivity index (χ1) is 11.9. The van der Waals surface area contributed by atoms with Crippen molar-refractivity contribution in [2.45, 2.75) is 13.0 Å². The molecule has 25 heavy (non-hydrogen) atoms. The predicted molar refractivity (Wildman–Crippen MR) is 94.8 cm³/mol. The van der Waals surface area contributed by atoms with Gasteiger partial charge in [0, 0.05) is 10.6 Å². The van der Waals surface area contributed by atoms with Crippen molar-refractivity contribution in [1.82, 2.24) is 0 Å². The highest BCUT2D eigenvalue weighted by molar-refractivity contribution is 6.35. The molecule has 0 spiro atoms. The normalized spacial score (nSPS) is 11.5. The van der Waals surface area contributed by atoms with Crippen LogP contribution >= 0.6 is 23.2 Å². The minimum Gasteiger partial charge on any atom is -0.497 e. The standard InChI is InChI=1S/C18H16Cl2O5/c1-11(25-17-8-5-13(19)9-15(17)20)18(22)24-10-16(21)12-3-6-14(23-2)7-4-12/h3-9,11H,10H2,1-2H3. The van der Waals surface area contributed by atoms with E-state index in [1.54, 1.807) is 36.4 Å². The van der Waals surface area contributed by atoms with Gasteiger partial charge in [0.25, 0.3) is 0 Å². The molecular formula is C18H16Cl2O5. The average Bonchev–Trinajstić information content (AvgIpc) is 2.61. The Morgan fingerprint density at radius 3 is 2.36 bits per heavy atom.